The predicted molar refractivity (Wildman–Crippen MR) is 111 cm³/mol. The van der Waals surface area contributed by atoms with Gasteiger partial charge in [0, 0.05) is 39.2 Å². The molecule has 1 aliphatic rings. The summed E-state index contributed by atoms with van der Waals surface area (Å²) in [7, 11) is -3.85. The zero-order valence-corrected chi connectivity index (χ0v) is 18.8. The van der Waals surface area contributed by atoms with E-state index in [1.165, 1.54) is 16.4 Å². The number of ether oxygens (including phenoxy) is 1. The summed E-state index contributed by atoms with van der Waals surface area (Å²) >= 11 is 0. The number of hydrogen-bond acceptors (Lipinski definition) is 5. The maximum absolute atomic E-state index is 13.6. The van der Waals surface area contributed by atoms with Crippen molar-refractivity contribution in [3.8, 4) is 0 Å². The summed E-state index contributed by atoms with van der Waals surface area (Å²) in [5, 5.41) is 2.68. The Bertz CT molecular complexity index is 1060. The molecule has 12 heteroatoms. The molecule has 1 aliphatic heterocycles. The number of imidazole rings is 1. The van der Waals surface area contributed by atoms with Gasteiger partial charge < -0.3 is 14.6 Å². The Labute approximate surface area is 184 Å². The molecule has 1 aromatic carbocycles. The smallest absolute Gasteiger partial charge is 0.376 e. The molecular weight excluding hydrogens is 449 g/mol. The van der Waals surface area contributed by atoms with Gasteiger partial charge in [0.15, 0.2) is 0 Å². The second-order valence-corrected chi connectivity index (χ2v) is 9.45. The lowest BCUT2D eigenvalue weighted by atomic mass is 10.2. The average molecular weight is 477 g/mol. The van der Waals surface area contributed by atoms with Crippen molar-refractivity contribution in [2.24, 2.45) is 0 Å². The Kier molecular flexibility index (Phi) is 7.46. The monoisotopic (exact) mass is 476 g/mol. The molecule has 178 valence electrons. The third-order valence-corrected chi connectivity index (χ3v) is 7.48. The van der Waals surface area contributed by atoms with Crippen LogP contribution in [0.5, 0.6) is 0 Å². The van der Waals surface area contributed by atoms with Crippen LogP contribution in [0.2, 0.25) is 0 Å². The number of sulfonamides is 1. The molecule has 2 aromatic rings. The van der Waals surface area contributed by atoms with Crippen LogP contribution in [0.15, 0.2) is 23.1 Å². The number of fused-ring (bicyclic) bond motifs is 1. The van der Waals surface area contributed by atoms with Crippen LogP contribution in [0.1, 0.15) is 38.9 Å². The van der Waals surface area contributed by atoms with Crippen LogP contribution in [-0.2, 0) is 32.3 Å². The van der Waals surface area contributed by atoms with E-state index >= 15 is 0 Å². The Balaban J connectivity index is 1.85. The summed E-state index contributed by atoms with van der Waals surface area (Å²) in [6, 6.07) is 3.72. The molecule has 0 bridgehead atoms. The molecule has 1 aromatic heterocycles. The molecule has 2 heterocycles. The Morgan fingerprint density at radius 2 is 2.03 bits per heavy atom. The van der Waals surface area contributed by atoms with Crippen molar-refractivity contribution < 1.29 is 31.1 Å². The molecule has 1 amide bonds. The van der Waals surface area contributed by atoms with Gasteiger partial charge in [-0.3, -0.25) is 4.79 Å². The highest BCUT2D eigenvalue weighted by atomic mass is 32.2. The largest absolute Gasteiger partial charge is 0.449 e. The number of hydrogen-bond donors (Lipinski definition) is 1. The van der Waals surface area contributed by atoms with Gasteiger partial charge in [-0.25, -0.2) is 13.4 Å². The van der Waals surface area contributed by atoms with Gasteiger partial charge in [0.05, 0.1) is 22.0 Å². The van der Waals surface area contributed by atoms with Crippen LogP contribution >= 0.6 is 0 Å². The molecule has 1 fully saturated rings. The van der Waals surface area contributed by atoms with Gasteiger partial charge in [-0.05, 0) is 31.0 Å². The second kappa shape index (κ2) is 9.75. The highest BCUT2D eigenvalue weighted by Crippen LogP contribution is 2.32. The van der Waals surface area contributed by atoms with Crippen molar-refractivity contribution in [2.45, 2.75) is 56.8 Å². The second-order valence-electron chi connectivity index (χ2n) is 7.51. The van der Waals surface area contributed by atoms with Gasteiger partial charge >= 0.3 is 6.18 Å². The minimum absolute atomic E-state index is 0.0649. The summed E-state index contributed by atoms with van der Waals surface area (Å²) < 4.78 is 73.8. The number of benzene rings is 1. The molecule has 0 spiro atoms. The zero-order chi connectivity index (χ0) is 23.5. The molecule has 32 heavy (non-hydrogen) atoms. The van der Waals surface area contributed by atoms with E-state index in [4.69, 9.17) is 4.74 Å². The third kappa shape index (κ3) is 5.24. The number of carbonyl (C=O) groups is 1. The predicted octanol–water partition coefficient (Wildman–Crippen LogP) is 2.77. The SMILES string of the molecule is CCN(CC)S(=O)(=O)c1ccc2c(c1)nc(C(F)(F)F)n2CCC(=O)NCC1CCCO1. The van der Waals surface area contributed by atoms with Gasteiger partial charge in [0.25, 0.3) is 0 Å². The number of rotatable bonds is 9. The van der Waals surface area contributed by atoms with Crippen LogP contribution in [0.3, 0.4) is 0 Å². The molecule has 1 saturated heterocycles. The number of aryl methyl sites for hydroxylation is 1. The first-order valence-corrected chi connectivity index (χ1v) is 12.0. The van der Waals surface area contributed by atoms with Gasteiger partial charge in [-0.15, -0.1) is 0 Å². The highest BCUT2D eigenvalue weighted by molar-refractivity contribution is 7.89. The normalized spacial score (nSPS) is 17.4. The average Bonchev–Trinajstić information content (AvgIpc) is 3.38. The number of carbonyl (C=O) groups excluding carboxylic acids is 1. The Hall–Kier alpha value is -2.18. The van der Waals surface area contributed by atoms with Crippen molar-refractivity contribution in [1.82, 2.24) is 19.2 Å². The highest BCUT2D eigenvalue weighted by Gasteiger charge is 2.38. The lowest BCUT2D eigenvalue weighted by Crippen LogP contribution is -2.32. The number of alkyl halides is 3. The molecule has 8 nitrogen and oxygen atoms in total. The minimum atomic E-state index is -4.76. The van der Waals surface area contributed by atoms with Crippen LogP contribution in [0.4, 0.5) is 13.2 Å². The van der Waals surface area contributed by atoms with Crippen LogP contribution in [0, 0.1) is 0 Å². The lowest BCUT2D eigenvalue weighted by Gasteiger charge is -2.18. The van der Waals surface area contributed by atoms with Crippen molar-refractivity contribution in [3.05, 3.63) is 24.0 Å². The van der Waals surface area contributed by atoms with E-state index in [9.17, 15) is 26.4 Å². The maximum Gasteiger partial charge on any atom is 0.449 e. The van der Waals surface area contributed by atoms with Gasteiger partial charge in [-0.2, -0.15) is 17.5 Å². The van der Waals surface area contributed by atoms with E-state index in [0.717, 1.165) is 23.5 Å². The van der Waals surface area contributed by atoms with Crippen LogP contribution in [0.25, 0.3) is 11.0 Å². The van der Waals surface area contributed by atoms with Crippen molar-refractivity contribution in [3.63, 3.8) is 0 Å². The summed E-state index contributed by atoms with van der Waals surface area (Å²) in [4.78, 5) is 15.7. The van der Waals surface area contributed by atoms with E-state index in [2.05, 4.69) is 10.3 Å². The first kappa shape index (κ1) is 24.5. The van der Waals surface area contributed by atoms with E-state index in [-0.39, 0.29) is 48.1 Å². The summed E-state index contributed by atoms with van der Waals surface area (Å²) in [6.45, 7) is 4.55. The molecule has 0 aliphatic carbocycles. The van der Waals surface area contributed by atoms with Crippen LogP contribution < -0.4 is 5.32 Å². The standard InChI is InChI=1S/C20H27F3N4O4S/c1-3-26(4-2)32(29,30)15-7-8-17-16(12-15)25-19(20(21,22)23)27(17)10-9-18(28)24-13-14-6-5-11-31-14/h7-8,12,14H,3-6,9-11,13H2,1-2H3,(H,24,28). The fourth-order valence-corrected chi connectivity index (χ4v) is 5.24. The molecule has 1 unspecified atom stereocenters. The molecule has 1 atom stereocenters. The number of nitrogens with one attached hydrogen (secondary N) is 1. The Morgan fingerprint density at radius 1 is 1.31 bits per heavy atom. The molecule has 3 rings (SSSR count). The number of aromatic nitrogens is 2. The van der Waals surface area contributed by atoms with Crippen molar-refractivity contribution >= 4 is 27.0 Å². The minimum Gasteiger partial charge on any atom is -0.376 e. The van der Waals surface area contributed by atoms with E-state index in [0.29, 0.717) is 13.2 Å². The summed E-state index contributed by atoms with van der Waals surface area (Å²) in [6.07, 6.45) is -3.25. The van der Waals surface area contributed by atoms with E-state index in [1.54, 1.807) is 13.8 Å². The van der Waals surface area contributed by atoms with Crippen molar-refractivity contribution in [2.75, 3.05) is 26.2 Å². The van der Waals surface area contributed by atoms with Crippen molar-refractivity contribution in [1.29, 1.82) is 0 Å². The van der Waals surface area contributed by atoms with Crippen LogP contribution in [-0.4, -0.2) is 60.5 Å². The first-order chi connectivity index (χ1) is 15.1. The van der Waals surface area contributed by atoms with Gasteiger partial charge in [0.1, 0.15) is 0 Å². The number of nitrogens with zero attached hydrogens (tertiary/aromatic N) is 3. The first-order valence-electron chi connectivity index (χ1n) is 10.5. The Morgan fingerprint density at radius 3 is 2.62 bits per heavy atom. The quantitative estimate of drug-likeness (QED) is 0.601. The van der Waals surface area contributed by atoms with E-state index < -0.39 is 27.9 Å². The summed E-state index contributed by atoms with van der Waals surface area (Å²) in [5.74, 6) is -1.56. The zero-order valence-electron chi connectivity index (χ0n) is 18.0. The fraction of sp³-hybridized carbons (Fsp3) is 0.600. The summed E-state index contributed by atoms with van der Waals surface area (Å²) in [5.41, 5.74) is 0.0214. The van der Waals surface area contributed by atoms with Gasteiger partial charge in [0.2, 0.25) is 21.8 Å². The fourth-order valence-electron chi connectivity index (χ4n) is 3.76. The van der Waals surface area contributed by atoms with E-state index in [1.807, 2.05) is 0 Å². The molecule has 0 saturated carbocycles. The third-order valence-electron chi connectivity index (χ3n) is 5.43. The lowest BCUT2D eigenvalue weighted by molar-refractivity contribution is -0.147. The van der Waals surface area contributed by atoms with Gasteiger partial charge in [-0.1, -0.05) is 13.8 Å². The topological polar surface area (TPSA) is 93.5 Å². The maximum atomic E-state index is 13.6. The molecule has 1 N–H and O–H groups in total. The molecule has 0 radical (unpaired) electrons. The number of halogens is 3. The molecular formula is C20H27F3N4O4S. The number of amides is 1.